The van der Waals surface area contributed by atoms with E-state index >= 15 is 0 Å². The number of nitrogens with one attached hydrogen (secondary N) is 3. The van der Waals surface area contributed by atoms with E-state index in [9.17, 15) is 14.4 Å². The van der Waals surface area contributed by atoms with Gasteiger partial charge in [0.15, 0.2) is 29.6 Å². The third-order valence-corrected chi connectivity index (χ3v) is 6.84. The second kappa shape index (κ2) is 13.8. The number of aryl methyl sites for hydroxylation is 1. The molecule has 0 aromatic heterocycles. The van der Waals surface area contributed by atoms with Gasteiger partial charge in [-0.05, 0) is 95.9 Å². The van der Waals surface area contributed by atoms with E-state index in [2.05, 4.69) is 43.8 Å². The van der Waals surface area contributed by atoms with Gasteiger partial charge in [0.05, 0.1) is 16.4 Å². The van der Waals surface area contributed by atoms with Gasteiger partial charge in [0.25, 0.3) is 5.91 Å². The molecule has 3 aromatic rings. The Morgan fingerprint density at radius 3 is 2.63 bits per heavy atom. The number of halogens is 1. The van der Waals surface area contributed by atoms with Crippen molar-refractivity contribution in [2.24, 2.45) is 5.10 Å². The van der Waals surface area contributed by atoms with Crippen molar-refractivity contribution in [3.8, 4) is 23.0 Å². The van der Waals surface area contributed by atoms with Crippen molar-refractivity contribution in [3.05, 3.63) is 74.4 Å². The van der Waals surface area contributed by atoms with Gasteiger partial charge in [0.1, 0.15) is 0 Å². The normalized spacial score (nSPS) is 11.7. The van der Waals surface area contributed by atoms with Gasteiger partial charge < -0.3 is 29.6 Å². The van der Waals surface area contributed by atoms with Crippen molar-refractivity contribution in [2.75, 3.05) is 25.3 Å². The van der Waals surface area contributed by atoms with E-state index < -0.39 is 11.8 Å². The number of carbonyl (C=O) groups is 3. The third-order valence-electron chi connectivity index (χ3n) is 6.03. The van der Waals surface area contributed by atoms with Crippen LogP contribution in [-0.4, -0.2) is 43.9 Å². The summed E-state index contributed by atoms with van der Waals surface area (Å²) in [5.41, 5.74) is 6.35. The maximum absolute atomic E-state index is 12.5. The number of carbonyl (C=O) groups excluding carboxylic acids is 3. The van der Waals surface area contributed by atoms with Crippen molar-refractivity contribution in [1.29, 1.82) is 0 Å². The maximum Gasteiger partial charge on any atom is 0.329 e. The Hall–Kier alpha value is -4.33. The fraction of sp³-hybridized carbons (Fsp3) is 0.241. The van der Waals surface area contributed by atoms with Gasteiger partial charge in [0.2, 0.25) is 6.79 Å². The Morgan fingerprint density at radius 2 is 1.83 bits per heavy atom. The topological polar surface area (TPSA) is 137 Å². The van der Waals surface area contributed by atoms with Crippen molar-refractivity contribution in [3.63, 3.8) is 0 Å². The summed E-state index contributed by atoms with van der Waals surface area (Å²) in [6.07, 6.45) is 1.38. The fourth-order valence-corrected chi connectivity index (χ4v) is 4.59. The average molecular weight is 672 g/mol. The van der Waals surface area contributed by atoms with Gasteiger partial charge in [-0.15, -0.1) is 0 Å². The van der Waals surface area contributed by atoms with Crippen LogP contribution in [0.2, 0.25) is 0 Å². The molecule has 0 unspecified atom stereocenters. The highest BCUT2D eigenvalue weighted by atomic mass is 127. The zero-order valence-electron chi connectivity index (χ0n) is 22.7. The van der Waals surface area contributed by atoms with Gasteiger partial charge in [-0.2, -0.15) is 5.10 Å². The molecule has 0 atom stereocenters. The van der Waals surface area contributed by atoms with E-state index in [0.29, 0.717) is 38.7 Å². The van der Waals surface area contributed by atoms with Crippen LogP contribution < -0.4 is 35.0 Å². The van der Waals surface area contributed by atoms with Crippen molar-refractivity contribution in [2.45, 2.75) is 27.3 Å². The van der Waals surface area contributed by atoms with Crippen LogP contribution in [-0.2, 0) is 20.9 Å². The van der Waals surface area contributed by atoms with E-state index in [1.807, 2.05) is 39.0 Å². The number of ether oxygens (including phenoxy) is 4. The number of benzene rings is 3. The molecule has 0 radical (unpaired) electrons. The second-order valence-corrected chi connectivity index (χ2v) is 10.1. The van der Waals surface area contributed by atoms with Crippen LogP contribution in [0.1, 0.15) is 29.2 Å². The van der Waals surface area contributed by atoms with Crippen molar-refractivity contribution >= 4 is 52.2 Å². The molecule has 1 aliphatic heterocycles. The first kappa shape index (κ1) is 29.6. The van der Waals surface area contributed by atoms with Gasteiger partial charge in [-0.25, -0.2) is 5.43 Å². The summed E-state index contributed by atoms with van der Waals surface area (Å²) < 4.78 is 22.8. The predicted octanol–water partition coefficient (Wildman–Crippen LogP) is 3.82. The molecule has 0 saturated carbocycles. The zero-order valence-corrected chi connectivity index (χ0v) is 24.9. The number of rotatable bonds is 10. The lowest BCUT2D eigenvalue weighted by atomic mass is 10.1. The zero-order chi connectivity index (χ0) is 29.4. The fourth-order valence-electron chi connectivity index (χ4n) is 3.81. The lowest BCUT2D eigenvalue weighted by molar-refractivity contribution is -0.139. The molecule has 0 saturated heterocycles. The van der Waals surface area contributed by atoms with Crippen LogP contribution in [0, 0.1) is 17.4 Å². The molecule has 214 valence electrons. The minimum Gasteiger partial charge on any atom is -0.490 e. The quantitative estimate of drug-likeness (QED) is 0.129. The summed E-state index contributed by atoms with van der Waals surface area (Å²) in [5, 5.41) is 9.29. The van der Waals surface area contributed by atoms with Crippen LogP contribution in [0.4, 0.5) is 5.69 Å². The number of amides is 3. The Balaban J connectivity index is 1.32. The van der Waals surface area contributed by atoms with E-state index in [1.54, 1.807) is 30.3 Å². The summed E-state index contributed by atoms with van der Waals surface area (Å²) in [5.74, 6) is -0.0248. The minimum absolute atomic E-state index is 0.132. The monoisotopic (exact) mass is 672 g/mol. The van der Waals surface area contributed by atoms with E-state index in [4.69, 9.17) is 18.9 Å². The molecule has 12 heteroatoms. The molecule has 1 heterocycles. The van der Waals surface area contributed by atoms with Crippen LogP contribution >= 0.6 is 22.6 Å². The molecule has 11 nitrogen and oxygen atoms in total. The summed E-state index contributed by atoms with van der Waals surface area (Å²) in [4.78, 5) is 36.9. The third kappa shape index (κ3) is 7.87. The Kier molecular flexibility index (Phi) is 10.0. The van der Waals surface area contributed by atoms with Crippen molar-refractivity contribution in [1.82, 2.24) is 10.7 Å². The van der Waals surface area contributed by atoms with Crippen molar-refractivity contribution < 1.29 is 33.3 Å². The highest BCUT2D eigenvalue weighted by molar-refractivity contribution is 14.1. The maximum atomic E-state index is 12.5. The molecule has 0 spiro atoms. The number of hydrazone groups is 1. The lowest BCUT2D eigenvalue weighted by Gasteiger charge is -2.15. The van der Waals surface area contributed by atoms with Gasteiger partial charge in [-0.3, -0.25) is 14.4 Å². The van der Waals surface area contributed by atoms with E-state index in [1.165, 1.54) is 6.21 Å². The lowest BCUT2D eigenvalue weighted by Crippen LogP contribution is -2.37. The van der Waals surface area contributed by atoms with E-state index in [-0.39, 0.29) is 25.9 Å². The Bertz CT molecular complexity index is 1490. The molecule has 41 heavy (non-hydrogen) atoms. The van der Waals surface area contributed by atoms with Crippen LogP contribution in [0.5, 0.6) is 23.0 Å². The first-order chi connectivity index (χ1) is 19.7. The summed E-state index contributed by atoms with van der Waals surface area (Å²) in [6.45, 7) is 6.18. The van der Waals surface area contributed by atoms with Crippen LogP contribution in [0.25, 0.3) is 0 Å². The molecule has 3 N–H and O–H groups in total. The van der Waals surface area contributed by atoms with Crippen LogP contribution in [0.15, 0.2) is 53.6 Å². The number of anilines is 1. The highest BCUT2D eigenvalue weighted by Crippen LogP contribution is 2.34. The molecule has 3 aromatic carbocycles. The molecule has 0 bridgehead atoms. The smallest absolute Gasteiger partial charge is 0.329 e. The predicted molar refractivity (Wildman–Crippen MR) is 161 cm³/mol. The summed E-state index contributed by atoms with van der Waals surface area (Å²) >= 11 is 2.07. The van der Waals surface area contributed by atoms with Gasteiger partial charge >= 0.3 is 11.8 Å². The number of hydrogen-bond donors (Lipinski definition) is 3. The second-order valence-electron chi connectivity index (χ2n) is 8.92. The summed E-state index contributed by atoms with van der Waals surface area (Å²) in [7, 11) is 0. The molecular weight excluding hydrogens is 643 g/mol. The first-order valence-corrected chi connectivity index (χ1v) is 13.8. The Labute approximate surface area is 250 Å². The highest BCUT2D eigenvalue weighted by Gasteiger charge is 2.17. The largest absolute Gasteiger partial charge is 0.490 e. The number of nitrogens with zero attached hydrogens (tertiary/aromatic N) is 1. The average Bonchev–Trinajstić information content (AvgIpc) is 3.42. The molecule has 4 rings (SSSR count). The Morgan fingerprint density at radius 1 is 1.02 bits per heavy atom. The SMILES string of the molecule is CCOc1cc(/C=N\NC(=O)C(=O)NCc2ccc3c(c2)OCO3)cc(I)c1OCC(=O)Nc1cccc(C)c1C. The minimum atomic E-state index is -0.920. The van der Waals surface area contributed by atoms with Gasteiger partial charge in [0, 0.05) is 12.2 Å². The molecule has 1 aliphatic rings. The molecule has 3 amide bonds. The molecule has 0 fully saturated rings. The van der Waals surface area contributed by atoms with Gasteiger partial charge in [-0.1, -0.05) is 18.2 Å². The number of fused-ring (bicyclic) bond motifs is 1. The van der Waals surface area contributed by atoms with E-state index in [0.717, 1.165) is 22.4 Å². The summed E-state index contributed by atoms with van der Waals surface area (Å²) in [6, 6.07) is 14.4. The number of hydrogen-bond acceptors (Lipinski definition) is 8. The standard InChI is InChI=1S/C29H29IN4O7/c1-4-38-25-12-20(10-21(30)27(25)39-15-26(35)33-22-7-5-6-17(2)18(22)3)14-32-34-29(37)28(36)31-13-19-8-9-23-24(11-19)41-16-40-23/h5-12,14H,4,13,15-16H2,1-3H3,(H,31,36)(H,33,35)(H,34,37)/b32-14-. The van der Waals surface area contributed by atoms with Crippen LogP contribution in [0.3, 0.4) is 0 Å². The molecule has 0 aliphatic carbocycles. The molecular formula is C29H29IN4O7. The first-order valence-electron chi connectivity index (χ1n) is 12.7.